The van der Waals surface area contributed by atoms with Gasteiger partial charge in [0.15, 0.2) is 0 Å². The van der Waals surface area contributed by atoms with E-state index in [-0.39, 0.29) is 0 Å². The summed E-state index contributed by atoms with van der Waals surface area (Å²) < 4.78 is 5.86. The molecular weight excluding hydrogens is 250 g/mol. The van der Waals surface area contributed by atoms with Crippen molar-refractivity contribution in [2.75, 3.05) is 24.2 Å². The predicted molar refractivity (Wildman–Crippen MR) is 82.9 cm³/mol. The summed E-state index contributed by atoms with van der Waals surface area (Å²) >= 11 is 0. The molecule has 4 heteroatoms. The second-order valence-corrected chi connectivity index (χ2v) is 5.31. The maximum Gasteiger partial charge on any atom is 0.0743 e. The maximum atomic E-state index is 6.03. The van der Waals surface area contributed by atoms with Crippen molar-refractivity contribution < 1.29 is 4.74 Å². The van der Waals surface area contributed by atoms with E-state index in [1.807, 2.05) is 24.3 Å². The molecule has 106 valence electrons. The number of para-hydroxylation sites is 1. The van der Waals surface area contributed by atoms with Crippen LogP contribution >= 0.6 is 0 Å². The van der Waals surface area contributed by atoms with Crippen LogP contribution in [0.3, 0.4) is 0 Å². The van der Waals surface area contributed by atoms with E-state index in [1.54, 1.807) is 6.20 Å². The summed E-state index contributed by atoms with van der Waals surface area (Å²) in [5.41, 5.74) is 8.63. The molecule has 0 saturated heterocycles. The zero-order chi connectivity index (χ0) is 13.8. The first kappa shape index (κ1) is 13.2. The number of hydrogen-bond acceptors (Lipinski definition) is 4. The summed E-state index contributed by atoms with van der Waals surface area (Å²) in [7, 11) is 0. The molecule has 1 fully saturated rings. The van der Waals surface area contributed by atoms with Crippen molar-refractivity contribution in [3.05, 3.63) is 30.5 Å². The zero-order valence-electron chi connectivity index (χ0n) is 11.6. The lowest BCUT2D eigenvalue weighted by Gasteiger charge is -2.14. The van der Waals surface area contributed by atoms with Gasteiger partial charge in [-0.1, -0.05) is 31.0 Å². The molecule has 1 saturated carbocycles. The molecule has 3 N–H and O–H groups in total. The molecule has 1 aliphatic carbocycles. The number of rotatable bonds is 5. The average molecular weight is 271 g/mol. The standard InChI is InChI=1S/C16H21N3O/c17-14-11-19-15-8-4-3-7-13(15)16(14)18-9-10-20-12-5-1-2-6-12/h3-4,7-8,11-12H,1-2,5-6,9-10,17H2,(H,18,19). The quantitative estimate of drug-likeness (QED) is 0.820. The fourth-order valence-electron chi connectivity index (χ4n) is 2.81. The van der Waals surface area contributed by atoms with Gasteiger partial charge in [0, 0.05) is 11.9 Å². The number of nitrogens with two attached hydrogens (primary N) is 1. The Morgan fingerprint density at radius 1 is 1.25 bits per heavy atom. The van der Waals surface area contributed by atoms with Crippen LogP contribution < -0.4 is 11.1 Å². The van der Waals surface area contributed by atoms with Crippen LogP contribution in [-0.4, -0.2) is 24.2 Å². The van der Waals surface area contributed by atoms with Crippen molar-refractivity contribution >= 4 is 22.3 Å². The third kappa shape index (κ3) is 2.85. The number of nitrogens with one attached hydrogen (secondary N) is 1. The smallest absolute Gasteiger partial charge is 0.0743 e. The Bertz CT molecular complexity index is 579. The monoisotopic (exact) mass is 271 g/mol. The Morgan fingerprint density at radius 2 is 2.05 bits per heavy atom. The van der Waals surface area contributed by atoms with Crippen LogP contribution in [0.25, 0.3) is 10.9 Å². The third-order valence-electron chi connectivity index (χ3n) is 3.86. The van der Waals surface area contributed by atoms with Gasteiger partial charge in [0.05, 0.1) is 35.8 Å². The van der Waals surface area contributed by atoms with Gasteiger partial charge in [0.2, 0.25) is 0 Å². The van der Waals surface area contributed by atoms with Crippen LogP contribution in [-0.2, 0) is 4.74 Å². The maximum absolute atomic E-state index is 6.03. The Morgan fingerprint density at radius 3 is 2.90 bits per heavy atom. The Hall–Kier alpha value is -1.81. The Balaban J connectivity index is 1.63. The summed E-state index contributed by atoms with van der Waals surface area (Å²) in [6.07, 6.45) is 7.20. The van der Waals surface area contributed by atoms with Gasteiger partial charge in [0.1, 0.15) is 0 Å². The van der Waals surface area contributed by atoms with Crippen molar-refractivity contribution in [3.8, 4) is 0 Å². The fourth-order valence-corrected chi connectivity index (χ4v) is 2.81. The highest BCUT2D eigenvalue weighted by atomic mass is 16.5. The van der Waals surface area contributed by atoms with E-state index in [0.717, 1.165) is 29.7 Å². The SMILES string of the molecule is Nc1cnc2ccccc2c1NCCOC1CCCC1. The fraction of sp³-hybridized carbons (Fsp3) is 0.438. The van der Waals surface area contributed by atoms with Crippen LogP contribution in [0.5, 0.6) is 0 Å². The van der Waals surface area contributed by atoms with E-state index in [4.69, 9.17) is 10.5 Å². The van der Waals surface area contributed by atoms with Crippen LogP contribution in [0.15, 0.2) is 30.5 Å². The molecule has 0 radical (unpaired) electrons. The molecule has 0 bridgehead atoms. The van der Waals surface area contributed by atoms with Gasteiger partial charge in [0.25, 0.3) is 0 Å². The molecule has 0 atom stereocenters. The van der Waals surface area contributed by atoms with Gasteiger partial charge in [-0.2, -0.15) is 0 Å². The summed E-state index contributed by atoms with van der Waals surface area (Å²) in [5.74, 6) is 0. The van der Waals surface area contributed by atoms with Crippen molar-refractivity contribution in [2.24, 2.45) is 0 Å². The van der Waals surface area contributed by atoms with E-state index < -0.39 is 0 Å². The molecule has 2 aromatic rings. The number of pyridine rings is 1. The molecule has 0 aliphatic heterocycles. The summed E-state index contributed by atoms with van der Waals surface area (Å²) in [4.78, 5) is 4.34. The first-order valence-corrected chi connectivity index (χ1v) is 7.33. The van der Waals surface area contributed by atoms with Gasteiger partial charge < -0.3 is 15.8 Å². The first-order chi connectivity index (χ1) is 9.84. The first-order valence-electron chi connectivity index (χ1n) is 7.33. The third-order valence-corrected chi connectivity index (χ3v) is 3.86. The van der Waals surface area contributed by atoms with E-state index in [2.05, 4.69) is 10.3 Å². The topological polar surface area (TPSA) is 60.2 Å². The van der Waals surface area contributed by atoms with Crippen LogP contribution in [0.4, 0.5) is 11.4 Å². The molecule has 0 amide bonds. The molecule has 3 rings (SSSR count). The minimum absolute atomic E-state index is 0.461. The number of ether oxygens (including phenoxy) is 1. The van der Waals surface area contributed by atoms with E-state index in [9.17, 15) is 0 Å². The zero-order valence-corrected chi connectivity index (χ0v) is 11.6. The average Bonchev–Trinajstić information content (AvgIpc) is 2.98. The predicted octanol–water partition coefficient (Wildman–Crippen LogP) is 3.19. The van der Waals surface area contributed by atoms with Crippen LogP contribution in [0.2, 0.25) is 0 Å². The van der Waals surface area contributed by atoms with Crippen molar-refractivity contribution in [3.63, 3.8) is 0 Å². The van der Waals surface area contributed by atoms with E-state index in [1.165, 1.54) is 25.7 Å². The summed E-state index contributed by atoms with van der Waals surface area (Å²) in [6.45, 7) is 1.50. The number of benzene rings is 1. The lowest BCUT2D eigenvalue weighted by atomic mass is 10.1. The molecule has 1 aromatic heterocycles. The number of nitrogen functional groups attached to an aromatic ring is 1. The molecule has 1 heterocycles. The second-order valence-electron chi connectivity index (χ2n) is 5.31. The number of aromatic nitrogens is 1. The Kier molecular flexibility index (Phi) is 4.02. The summed E-state index contributed by atoms with van der Waals surface area (Å²) in [5, 5.41) is 4.45. The lowest BCUT2D eigenvalue weighted by Crippen LogP contribution is -2.16. The molecule has 0 spiro atoms. The highest BCUT2D eigenvalue weighted by molar-refractivity contribution is 5.96. The highest BCUT2D eigenvalue weighted by Crippen LogP contribution is 2.27. The number of anilines is 2. The van der Waals surface area contributed by atoms with Crippen LogP contribution in [0.1, 0.15) is 25.7 Å². The van der Waals surface area contributed by atoms with Crippen molar-refractivity contribution in [1.29, 1.82) is 0 Å². The number of fused-ring (bicyclic) bond motifs is 1. The second kappa shape index (κ2) is 6.09. The van der Waals surface area contributed by atoms with E-state index in [0.29, 0.717) is 11.8 Å². The summed E-state index contributed by atoms with van der Waals surface area (Å²) in [6, 6.07) is 8.02. The molecule has 0 unspecified atom stereocenters. The van der Waals surface area contributed by atoms with Crippen molar-refractivity contribution in [2.45, 2.75) is 31.8 Å². The van der Waals surface area contributed by atoms with Gasteiger partial charge in [-0.15, -0.1) is 0 Å². The molecule has 1 aliphatic rings. The number of hydrogen-bond donors (Lipinski definition) is 2. The molecule has 4 nitrogen and oxygen atoms in total. The molecular formula is C16H21N3O. The Labute approximate surface area is 119 Å². The highest BCUT2D eigenvalue weighted by Gasteiger charge is 2.14. The van der Waals surface area contributed by atoms with Gasteiger partial charge in [-0.25, -0.2) is 0 Å². The minimum Gasteiger partial charge on any atom is -0.396 e. The van der Waals surface area contributed by atoms with Gasteiger partial charge in [-0.3, -0.25) is 4.98 Å². The van der Waals surface area contributed by atoms with Gasteiger partial charge >= 0.3 is 0 Å². The van der Waals surface area contributed by atoms with Crippen LogP contribution in [0, 0.1) is 0 Å². The normalized spacial score (nSPS) is 15.8. The van der Waals surface area contributed by atoms with Crippen molar-refractivity contribution in [1.82, 2.24) is 4.98 Å². The number of nitrogens with zero attached hydrogens (tertiary/aromatic N) is 1. The van der Waals surface area contributed by atoms with E-state index >= 15 is 0 Å². The molecule has 1 aromatic carbocycles. The molecule has 20 heavy (non-hydrogen) atoms. The minimum atomic E-state index is 0.461. The lowest BCUT2D eigenvalue weighted by molar-refractivity contribution is 0.0659. The van der Waals surface area contributed by atoms with Gasteiger partial charge in [-0.05, 0) is 18.9 Å². The largest absolute Gasteiger partial charge is 0.396 e.